The van der Waals surface area contributed by atoms with E-state index in [-0.39, 0.29) is 5.73 Å². The van der Waals surface area contributed by atoms with Crippen molar-refractivity contribution in [2.75, 3.05) is 6.54 Å². The summed E-state index contributed by atoms with van der Waals surface area (Å²) in [4.78, 5) is 4.31. The molecule has 0 saturated heterocycles. The standard InChI is InChI=1S/C9H21NOSi/c1-6-8(10-7-2)9(11)12(3,4)5/h9,11H,6-7H2,1-5H3. The van der Waals surface area contributed by atoms with E-state index in [0.717, 1.165) is 18.7 Å². The van der Waals surface area contributed by atoms with E-state index in [1.165, 1.54) is 0 Å². The van der Waals surface area contributed by atoms with Gasteiger partial charge in [0, 0.05) is 12.3 Å². The van der Waals surface area contributed by atoms with Crippen molar-refractivity contribution in [2.24, 2.45) is 4.99 Å². The van der Waals surface area contributed by atoms with Gasteiger partial charge in [-0.25, -0.2) is 0 Å². The lowest BCUT2D eigenvalue weighted by Crippen LogP contribution is -2.44. The third-order valence-electron chi connectivity index (χ3n) is 1.86. The maximum Gasteiger partial charge on any atom is 0.0854 e. The summed E-state index contributed by atoms with van der Waals surface area (Å²) in [6.45, 7) is 11.3. The van der Waals surface area contributed by atoms with Crippen molar-refractivity contribution in [2.45, 2.75) is 45.6 Å². The van der Waals surface area contributed by atoms with Crippen molar-refractivity contribution in [3.05, 3.63) is 0 Å². The van der Waals surface area contributed by atoms with E-state index in [1.54, 1.807) is 0 Å². The van der Waals surface area contributed by atoms with Crippen LogP contribution in [0, 0.1) is 0 Å². The van der Waals surface area contributed by atoms with Gasteiger partial charge in [-0.2, -0.15) is 0 Å². The molecule has 0 aliphatic heterocycles. The van der Waals surface area contributed by atoms with Crippen LogP contribution in [0.2, 0.25) is 19.6 Å². The third kappa shape index (κ3) is 3.50. The van der Waals surface area contributed by atoms with Crippen molar-refractivity contribution in [1.29, 1.82) is 0 Å². The summed E-state index contributed by atoms with van der Waals surface area (Å²) >= 11 is 0. The van der Waals surface area contributed by atoms with Crippen LogP contribution in [-0.4, -0.2) is 31.2 Å². The fourth-order valence-electron chi connectivity index (χ4n) is 1.09. The predicted molar refractivity (Wildman–Crippen MR) is 57.6 cm³/mol. The van der Waals surface area contributed by atoms with Crippen LogP contribution in [0.1, 0.15) is 20.3 Å². The summed E-state index contributed by atoms with van der Waals surface area (Å²) < 4.78 is 0. The van der Waals surface area contributed by atoms with E-state index in [1.807, 2.05) is 6.92 Å². The highest BCUT2D eigenvalue weighted by molar-refractivity contribution is 6.80. The molecule has 2 nitrogen and oxygen atoms in total. The maximum atomic E-state index is 9.91. The number of hydrogen-bond acceptors (Lipinski definition) is 2. The fraction of sp³-hybridized carbons (Fsp3) is 0.889. The SMILES string of the molecule is CCN=C(CC)C(O)[Si](C)(C)C. The molecule has 3 heteroatoms. The Morgan fingerprint density at radius 3 is 2.08 bits per heavy atom. The molecule has 0 aliphatic rings. The first kappa shape index (κ1) is 11.8. The Kier molecular flexibility index (Phi) is 4.71. The first-order chi connectivity index (χ1) is 5.43. The van der Waals surface area contributed by atoms with Crippen LogP contribution >= 0.6 is 0 Å². The van der Waals surface area contributed by atoms with Crippen molar-refractivity contribution in [3.63, 3.8) is 0 Å². The largest absolute Gasteiger partial charge is 0.391 e. The molecule has 0 aromatic carbocycles. The average molecular weight is 187 g/mol. The number of aliphatic imine (C=N–C) groups is 1. The Hall–Kier alpha value is -0.153. The van der Waals surface area contributed by atoms with Crippen LogP contribution in [0.5, 0.6) is 0 Å². The summed E-state index contributed by atoms with van der Waals surface area (Å²) in [7, 11) is -1.46. The van der Waals surface area contributed by atoms with Crippen LogP contribution in [0.3, 0.4) is 0 Å². The Labute approximate surface area is 76.7 Å². The van der Waals surface area contributed by atoms with Crippen LogP contribution in [-0.2, 0) is 0 Å². The van der Waals surface area contributed by atoms with Gasteiger partial charge in [-0.05, 0) is 13.3 Å². The Morgan fingerprint density at radius 1 is 1.33 bits per heavy atom. The van der Waals surface area contributed by atoms with E-state index in [2.05, 4.69) is 31.6 Å². The molecule has 0 saturated carbocycles. The van der Waals surface area contributed by atoms with E-state index in [0.29, 0.717) is 0 Å². The molecule has 0 amide bonds. The highest BCUT2D eigenvalue weighted by atomic mass is 28.3. The monoisotopic (exact) mass is 187 g/mol. The molecular formula is C9H21NOSi. The molecule has 72 valence electrons. The zero-order valence-electron chi connectivity index (χ0n) is 8.89. The van der Waals surface area contributed by atoms with Crippen LogP contribution in [0.25, 0.3) is 0 Å². The molecule has 1 N–H and O–H groups in total. The minimum atomic E-state index is -1.46. The molecule has 0 aliphatic carbocycles. The minimum Gasteiger partial charge on any atom is -0.391 e. The zero-order chi connectivity index (χ0) is 9.78. The fourth-order valence-corrected chi connectivity index (χ4v) is 2.39. The maximum absolute atomic E-state index is 9.91. The van der Waals surface area contributed by atoms with Crippen LogP contribution < -0.4 is 0 Å². The first-order valence-electron chi connectivity index (χ1n) is 4.64. The van der Waals surface area contributed by atoms with Crippen molar-refractivity contribution in [3.8, 4) is 0 Å². The molecule has 1 atom stereocenters. The number of aliphatic hydroxyl groups excluding tert-OH is 1. The molecule has 0 rings (SSSR count). The molecule has 0 bridgehead atoms. The average Bonchev–Trinajstić information content (AvgIpc) is 1.97. The van der Waals surface area contributed by atoms with Gasteiger partial charge in [-0.3, -0.25) is 4.99 Å². The van der Waals surface area contributed by atoms with Gasteiger partial charge in [0.15, 0.2) is 0 Å². The summed E-state index contributed by atoms with van der Waals surface area (Å²) in [5, 5.41) is 9.91. The molecule has 0 aromatic heterocycles. The minimum absolute atomic E-state index is 0.262. The van der Waals surface area contributed by atoms with Crippen LogP contribution in [0.15, 0.2) is 4.99 Å². The van der Waals surface area contributed by atoms with Crippen LogP contribution in [0.4, 0.5) is 0 Å². The van der Waals surface area contributed by atoms with Gasteiger partial charge in [0.2, 0.25) is 0 Å². The number of rotatable bonds is 4. The Balaban J connectivity index is 4.43. The molecule has 0 fully saturated rings. The first-order valence-corrected chi connectivity index (χ1v) is 8.22. The molecule has 1 unspecified atom stereocenters. The molecule has 0 radical (unpaired) electrons. The predicted octanol–water partition coefficient (Wildman–Crippen LogP) is 2.10. The Morgan fingerprint density at radius 2 is 1.83 bits per heavy atom. The second kappa shape index (κ2) is 4.77. The van der Waals surface area contributed by atoms with Gasteiger partial charge in [0.1, 0.15) is 0 Å². The highest BCUT2D eigenvalue weighted by Gasteiger charge is 2.27. The second-order valence-corrected chi connectivity index (χ2v) is 9.37. The molecule has 0 heterocycles. The number of aliphatic hydroxyl groups is 1. The van der Waals surface area contributed by atoms with Crippen molar-refractivity contribution < 1.29 is 5.11 Å². The zero-order valence-corrected chi connectivity index (χ0v) is 9.89. The molecule has 12 heavy (non-hydrogen) atoms. The van der Waals surface area contributed by atoms with Gasteiger partial charge < -0.3 is 5.11 Å². The van der Waals surface area contributed by atoms with Gasteiger partial charge in [-0.15, -0.1) is 0 Å². The second-order valence-electron chi connectivity index (χ2n) is 4.09. The lowest BCUT2D eigenvalue weighted by atomic mass is 10.3. The van der Waals surface area contributed by atoms with Crippen molar-refractivity contribution in [1.82, 2.24) is 0 Å². The van der Waals surface area contributed by atoms with Gasteiger partial charge >= 0.3 is 0 Å². The van der Waals surface area contributed by atoms with E-state index < -0.39 is 8.07 Å². The normalized spacial score (nSPS) is 16.3. The summed E-state index contributed by atoms with van der Waals surface area (Å²) in [6, 6.07) is 0. The summed E-state index contributed by atoms with van der Waals surface area (Å²) in [5.41, 5.74) is 0.721. The molecule has 0 spiro atoms. The lowest BCUT2D eigenvalue weighted by Gasteiger charge is -2.24. The van der Waals surface area contributed by atoms with E-state index >= 15 is 0 Å². The quantitative estimate of drug-likeness (QED) is 0.530. The summed E-state index contributed by atoms with van der Waals surface area (Å²) in [5.74, 6) is 0. The lowest BCUT2D eigenvalue weighted by molar-refractivity contribution is 0.305. The topological polar surface area (TPSA) is 32.6 Å². The molecule has 0 aromatic rings. The summed E-state index contributed by atoms with van der Waals surface area (Å²) in [6.07, 6.45) is 0.874. The number of hydrogen-bond donors (Lipinski definition) is 1. The van der Waals surface area contributed by atoms with Gasteiger partial charge in [-0.1, -0.05) is 26.6 Å². The van der Waals surface area contributed by atoms with Gasteiger partial charge in [0.05, 0.1) is 13.8 Å². The molecular weight excluding hydrogens is 166 g/mol. The smallest absolute Gasteiger partial charge is 0.0854 e. The number of nitrogens with zero attached hydrogens (tertiary/aromatic N) is 1. The van der Waals surface area contributed by atoms with Gasteiger partial charge in [0.25, 0.3) is 0 Å². The van der Waals surface area contributed by atoms with Crippen molar-refractivity contribution >= 4 is 13.8 Å². The Bertz CT molecular complexity index is 160. The van der Waals surface area contributed by atoms with E-state index in [9.17, 15) is 5.11 Å². The highest BCUT2D eigenvalue weighted by Crippen LogP contribution is 2.11. The third-order valence-corrected chi connectivity index (χ3v) is 3.83. The van der Waals surface area contributed by atoms with E-state index in [4.69, 9.17) is 0 Å².